The lowest BCUT2D eigenvalue weighted by Gasteiger charge is -2.29. The van der Waals surface area contributed by atoms with Crippen molar-refractivity contribution in [2.75, 3.05) is 39.7 Å². The number of nitrogens with one attached hydrogen (secondary N) is 1. The van der Waals surface area contributed by atoms with E-state index in [0.29, 0.717) is 23.8 Å². The van der Waals surface area contributed by atoms with Gasteiger partial charge in [0.2, 0.25) is 11.7 Å². The molecule has 0 unspecified atom stereocenters. The Morgan fingerprint density at radius 3 is 2.31 bits per heavy atom. The maximum absolute atomic E-state index is 12.6. The van der Waals surface area contributed by atoms with Crippen molar-refractivity contribution in [3.05, 3.63) is 47.5 Å². The highest BCUT2D eigenvalue weighted by molar-refractivity contribution is 5.81. The van der Waals surface area contributed by atoms with Crippen LogP contribution in [0.15, 0.2) is 36.4 Å². The molecule has 0 saturated carbocycles. The van der Waals surface area contributed by atoms with E-state index in [2.05, 4.69) is 17.4 Å². The third-order valence-electron chi connectivity index (χ3n) is 4.59. The molecule has 0 fully saturated rings. The molecule has 1 aliphatic rings. The van der Waals surface area contributed by atoms with Crippen LogP contribution in [0.1, 0.15) is 11.1 Å². The fraction of sp³-hybridized carbons (Fsp3) is 0.350. The van der Waals surface area contributed by atoms with Gasteiger partial charge in [-0.3, -0.25) is 4.79 Å². The molecule has 26 heavy (non-hydrogen) atoms. The van der Waals surface area contributed by atoms with E-state index < -0.39 is 0 Å². The monoisotopic (exact) mass is 356 g/mol. The maximum atomic E-state index is 12.6. The molecule has 0 atom stereocenters. The van der Waals surface area contributed by atoms with E-state index in [0.717, 1.165) is 18.7 Å². The number of nitrogens with zero attached hydrogens (tertiary/aromatic N) is 1. The second-order valence-corrected chi connectivity index (χ2v) is 6.10. The van der Waals surface area contributed by atoms with Crippen molar-refractivity contribution in [3.63, 3.8) is 0 Å². The first-order valence-corrected chi connectivity index (χ1v) is 8.54. The van der Waals surface area contributed by atoms with Crippen LogP contribution >= 0.6 is 0 Å². The number of methoxy groups -OCH3 is 3. The summed E-state index contributed by atoms with van der Waals surface area (Å²) in [6.07, 6.45) is 0.895. The van der Waals surface area contributed by atoms with Gasteiger partial charge in [-0.1, -0.05) is 24.3 Å². The molecule has 0 spiro atoms. The van der Waals surface area contributed by atoms with Crippen LogP contribution in [0.4, 0.5) is 5.69 Å². The summed E-state index contributed by atoms with van der Waals surface area (Å²) in [6, 6.07) is 11.9. The van der Waals surface area contributed by atoms with E-state index in [1.807, 2.05) is 17.0 Å². The van der Waals surface area contributed by atoms with E-state index in [-0.39, 0.29) is 12.5 Å². The Morgan fingerprint density at radius 1 is 1.04 bits per heavy atom. The standard InChI is InChI=1S/C20H24N2O4/c1-24-17-10-16(11-18(25-2)20(17)26-3)21-12-19(23)22-9-8-14-6-4-5-7-15(14)13-22/h4-7,10-11,21H,8-9,12-13H2,1-3H3. The number of rotatable bonds is 6. The molecule has 6 nitrogen and oxygen atoms in total. The normalized spacial score (nSPS) is 13.0. The molecule has 1 amide bonds. The molecular formula is C20H24N2O4. The van der Waals surface area contributed by atoms with Crippen molar-refractivity contribution in [2.24, 2.45) is 0 Å². The minimum absolute atomic E-state index is 0.0632. The molecule has 1 N–H and O–H groups in total. The maximum Gasteiger partial charge on any atom is 0.242 e. The number of carbonyl (C=O) groups excluding carboxylic acids is 1. The number of hydrogen-bond acceptors (Lipinski definition) is 5. The molecule has 0 saturated heterocycles. The van der Waals surface area contributed by atoms with Gasteiger partial charge in [0.05, 0.1) is 27.9 Å². The van der Waals surface area contributed by atoms with Crippen LogP contribution < -0.4 is 19.5 Å². The minimum atomic E-state index is 0.0632. The summed E-state index contributed by atoms with van der Waals surface area (Å²) >= 11 is 0. The van der Waals surface area contributed by atoms with Crippen LogP contribution in [-0.4, -0.2) is 45.2 Å². The molecule has 1 heterocycles. The van der Waals surface area contributed by atoms with Crippen molar-refractivity contribution in [1.29, 1.82) is 0 Å². The Morgan fingerprint density at radius 2 is 1.69 bits per heavy atom. The number of ether oxygens (including phenoxy) is 3. The first-order chi connectivity index (χ1) is 12.7. The van der Waals surface area contributed by atoms with Gasteiger partial charge in [0.15, 0.2) is 11.5 Å². The van der Waals surface area contributed by atoms with Gasteiger partial charge in [-0.15, -0.1) is 0 Å². The first-order valence-electron chi connectivity index (χ1n) is 8.54. The summed E-state index contributed by atoms with van der Waals surface area (Å²) < 4.78 is 16.0. The van der Waals surface area contributed by atoms with Crippen LogP contribution in [0, 0.1) is 0 Å². The van der Waals surface area contributed by atoms with E-state index in [4.69, 9.17) is 14.2 Å². The van der Waals surface area contributed by atoms with Gasteiger partial charge in [0.1, 0.15) is 0 Å². The van der Waals surface area contributed by atoms with Crippen molar-refractivity contribution in [2.45, 2.75) is 13.0 Å². The van der Waals surface area contributed by atoms with Crippen molar-refractivity contribution >= 4 is 11.6 Å². The van der Waals surface area contributed by atoms with Crippen molar-refractivity contribution < 1.29 is 19.0 Å². The Bertz CT molecular complexity index is 766. The second-order valence-electron chi connectivity index (χ2n) is 6.10. The number of amides is 1. The average molecular weight is 356 g/mol. The molecule has 6 heteroatoms. The zero-order valence-corrected chi connectivity index (χ0v) is 15.4. The number of benzene rings is 2. The van der Waals surface area contributed by atoms with Gasteiger partial charge in [-0.05, 0) is 17.5 Å². The summed E-state index contributed by atoms with van der Waals surface area (Å²) in [5.41, 5.74) is 3.29. The van der Waals surface area contributed by atoms with Crippen LogP contribution in [0.5, 0.6) is 17.2 Å². The largest absolute Gasteiger partial charge is 0.493 e. The summed E-state index contributed by atoms with van der Waals surface area (Å²) in [7, 11) is 4.69. The van der Waals surface area contributed by atoms with Gasteiger partial charge in [-0.25, -0.2) is 0 Å². The Labute approximate surface area is 153 Å². The molecule has 0 aliphatic carbocycles. The molecule has 0 aromatic heterocycles. The van der Waals surface area contributed by atoms with E-state index >= 15 is 0 Å². The highest BCUT2D eigenvalue weighted by Crippen LogP contribution is 2.39. The molecule has 138 valence electrons. The quantitative estimate of drug-likeness (QED) is 0.862. The van der Waals surface area contributed by atoms with Gasteiger partial charge in [0, 0.05) is 30.9 Å². The zero-order valence-electron chi connectivity index (χ0n) is 15.4. The highest BCUT2D eigenvalue weighted by atomic mass is 16.5. The third kappa shape index (κ3) is 3.69. The smallest absolute Gasteiger partial charge is 0.242 e. The lowest BCUT2D eigenvalue weighted by atomic mass is 10.00. The van der Waals surface area contributed by atoms with Gasteiger partial charge in [-0.2, -0.15) is 0 Å². The summed E-state index contributed by atoms with van der Waals surface area (Å²) in [5.74, 6) is 1.69. The van der Waals surface area contributed by atoms with Crippen molar-refractivity contribution in [1.82, 2.24) is 4.90 Å². The topological polar surface area (TPSA) is 60.0 Å². The highest BCUT2D eigenvalue weighted by Gasteiger charge is 2.20. The molecule has 1 aliphatic heterocycles. The Hall–Kier alpha value is -2.89. The number of fused-ring (bicyclic) bond motifs is 1. The zero-order chi connectivity index (χ0) is 18.5. The third-order valence-corrected chi connectivity index (χ3v) is 4.59. The lowest BCUT2D eigenvalue weighted by Crippen LogP contribution is -2.39. The number of anilines is 1. The Balaban J connectivity index is 1.66. The van der Waals surface area contributed by atoms with Crippen LogP contribution in [-0.2, 0) is 17.8 Å². The van der Waals surface area contributed by atoms with Crippen molar-refractivity contribution in [3.8, 4) is 17.2 Å². The lowest BCUT2D eigenvalue weighted by molar-refractivity contribution is -0.130. The molecule has 2 aromatic carbocycles. The molecule has 2 aromatic rings. The van der Waals surface area contributed by atoms with Gasteiger partial charge in [0.25, 0.3) is 0 Å². The predicted octanol–water partition coefficient (Wildman–Crippen LogP) is 2.71. The van der Waals surface area contributed by atoms with Gasteiger partial charge >= 0.3 is 0 Å². The molecule has 0 radical (unpaired) electrons. The first kappa shape index (κ1) is 17.9. The molecule has 0 bridgehead atoms. The second kappa shape index (κ2) is 7.99. The Kier molecular flexibility index (Phi) is 5.51. The summed E-state index contributed by atoms with van der Waals surface area (Å²) in [6.45, 7) is 1.61. The van der Waals surface area contributed by atoms with Crippen LogP contribution in [0.25, 0.3) is 0 Å². The van der Waals surface area contributed by atoms with Crippen LogP contribution in [0.3, 0.4) is 0 Å². The molecule has 3 rings (SSSR count). The van der Waals surface area contributed by atoms with Crippen LogP contribution in [0.2, 0.25) is 0 Å². The van der Waals surface area contributed by atoms with E-state index in [9.17, 15) is 4.79 Å². The van der Waals surface area contributed by atoms with E-state index in [1.54, 1.807) is 33.5 Å². The predicted molar refractivity (Wildman–Crippen MR) is 100 cm³/mol. The fourth-order valence-corrected chi connectivity index (χ4v) is 3.18. The minimum Gasteiger partial charge on any atom is -0.493 e. The number of carbonyl (C=O) groups is 1. The average Bonchev–Trinajstić information content (AvgIpc) is 2.70. The molecular weight excluding hydrogens is 332 g/mol. The SMILES string of the molecule is COc1cc(NCC(=O)N2CCc3ccccc3C2)cc(OC)c1OC. The number of hydrogen-bond donors (Lipinski definition) is 1. The van der Waals surface area contributed by atoms with Gasteiger partial charge < -0.3 is 24.4 Å². The summed E-state index contributed by atoms with van der Waals surface area (Å²) in [5, 5.41) is 3.16. The fourth-order valence-electron chi connectivity index (χ4n) is 3.18. The summed E-state index contributed by atoms with van der Waals surface area (Å²) in [4.78, 5) is 14.5. The van der Waals surface area contributed by atoms with E-state index in [1.165, 1.54) is 11.1 Å².